The van der Waals surface area contributed by atoms with Crippen molar-refractivity contribution in [2.75, 3.05) is 17.9 Å². The number of non-ortho nitro benzene ring substituents is 1. The van der Waals surface area contributed by atoms with Crippen LogP contribution in [0.2, 0.25) is 0 Å². The Hall–Kier alpha value is -4.88. The summed E-state index contributed by atoms with van der Waals surface area (Å²) >= 11 is 1.14. The van der Waals surface area contributed by atoms with Crippen molar-refractivity contribution in [1.82, 2.24) is 4.98 Å². The summed E-state index contributed by atoms with van der Waals surface area (Å²) in [5.41, 5.74) is 3.65. The Bertz CT molecular complexity index is 1540. The topological polar surface area (TPSA) is 127 Å². The van der Waals surface area contributed by atoms with E-state index in [9.17, 15) is 20.2 Å². The third kappa shape index (κ3) is 5.22. The van der Waals surface area contributed by atoms with Gasteiger partial charge in [0.15, 0.2) is 11.5 Å². The highest BCUT2D eigenvalue weighted by atomic mass is 32.2. The number of thioether (sulfide) groups is 1. The maximum atomic E-state index is 12.6. The van der Waals surface area contributed by atoms with Crippen molar-refractivity contribution in [1.29, 1.82) is 5.26 Å². The molecule has 0 unspecified atom stereocenters. The van der Waals surface area contributed by atoms with E-state index < -0.39 is 4.92 Å². The first-order valence-electron chi connectivity index (χ1n) is 11.1. The second-order valence-electron chi connectivity index (χ2n) is 7.92. The normalized spacial score (nSPS) is 11.5. The Labute approximate surface area is 215 Å². The predicted molar refractivity (Wildman–Crippen MR) is 138 cm³/mol. The molecule has 1 amide bonds. The number of amides is 1. The van der Waals surface area contributed by atoms with Gasteiger partial charge in [-0.05, 0) is 35.9 Å². The number of benzene rings is 3. The third-order valence-corrected chi connectivity index (χ3v) is 6.53. The molecule has 4 aromatic rings. The van der Waals surface area contributed by atoms with Gasteiger partial charge in [-0.3, -0.25) is 14.9 Å². The standard InChI is InChI=1S/C27H18N4O5S/c28-14-22-21(18-6-11-24-25(12-18)36-16-35-24)13-23(17-4-2-1-3-5-17)30-27(22)37-15-26(32)29-19-7-9-20(10-8-19)31(33)34/h1-13H,15-16H2,(H,29,32). The number of anilines is 1. The molecule has 3 aromatic carbocycles. The molecule has 1 aliphatic rings. The maximum absolute atomic E-state index is 12.6. The van der Waals surface area contributed by atoms with Gasteiger partial charge in [-0.1, -0.05) is 48.2 Å². The first-order chi connectivity index (χ1) is 18.0. The molecule has 37 heavy (non-hydrogen) atoms. The molecule has 0 aliphatic carbocycles. The number of nitrogens with one attached hydrogen (secondary N) is 1. The number of carbonyl (C=O) groups excluding carboxylic acids is 1. The maximum Gasteiger partial charge on any atom is 0.269 e. The van der Waals surface area contributed by atoms with Gasteiger partial charge in [-0.25, -0.2) is 4.98 Å². The second kappa shape index (κ2) is 10.4. The summed E-state index contributed by atoms with van der Waals surface area (Å²) in [4.78, 5) is 27.7. The highest BCUT2D eigenvalue weighted by molar-refractivity contribution is 8.00. The lowest BCUT2D eigenvalue weighted by Crippen LogP contribution is -2.14. The van der Waals surface area contributed by atoms with E-state index in [4.69, 9.17) is 14.5 Å². The summed E-state index contributed by atoms with van der Waals surface area (Å²) in [6, 6.07) is 24.7. The van der Waals surface area contributed by atoms with E-state index in [2.05, 4.69) is 11.4 Å². The Balaban J connectivity index is 1.45. The van der Waals surface area contributed by atoms with Gasteiger partial charge in [0.1, 0.15) is 11.1 Å². The number of nitro groups is 1. The lowest BCUT2D eigenvalue weighted by molar-refractivity contribution is -0.384. The van der Waals surface area contributed by atoms with Gasteiger partial charge in [-0.2, -0.15) is 5.26 Å². The second-order valence-corrected chi connectivity index (χ2v) is 8.89. The molecule has 5 rings (SSSR count). The highest BCUT2D eigenvalue weighted by Crippen LogP contribution is 2.39. The number of aromatic nitrogens is 1. The predicted octanol–water partition coefficient (Wildman–Crippen LogP) is 5.65. The number of nitriles is 1. The lowest BCUT2D eigenvalue weighted by atomic mass is 9.99. The number of ether oxygens (including phenoxy) is 2. The van der Waals surface area contributed by atoms with Crippen LogP contribution in [0.5, 0.6) is 11.5 Å². The van der Waals surface area contributed by atoms with E-state index in [0.29, 0.717) is 39.0 Å². The average molecular weight is 511 g/mol. The summed E-state index contributed by atoms with van der Waals surface area (Å²) in [7, 11) is 0. The smallest absolute Gasteiger partial charge is 0.269 e. The van der Waals surface area contributed by atoms with Crippen LogP contribution in [-0.2, 0) is 4.79 Å². The fraction of sp³-hybridized carbons (Fsp3) is 0.0741. The van der Waals surface area contributed by atoms with Gasteiger partial charge in [0.05, 0.1) is 21.9 Å². The van der Waals surface area contributed by atoms with Crippen molar-refractivity contribution < 1.29 is 19.2 Å². The summed E-state index contributed by atoms with van der Waals surface area (Å²) in [6.45, 7) is 0.139. The van der Waals surface area contributed by atoms with Crippen LogP contribution in [0.3, 0.4) is 0 Å². The molecule has 1 aromatic heterocycles. The Morgan fingerprint density at radius 3 is 2.51 bits per heavy atom. The molecule has 0 fully saturated rings. The van der Waals surface area contributed by atoms with Crippen molar-refractivity contribution in [3.8, 4) is 40.0 Å². The average Bonchev–Trinajstić information content (AvgIpc) is 3.40. The number of hydrogen-bond donors (Lipinski definition) is 1. The highest BCUT2D eigenvalue weighted by Gasteiger charge is 2.20. The SMILES string of the molecule is N#Cc1c(-c2ccc3c(c2)OCO3)cc(-c2ccccc2)nc1SCC(=O)Nc1ccc([N+](=O)[O-])cc1. The molecule has 9 nitrogen and oxygen atoms in total. The van der Waals surface area contributed by atoms with Crippen LogP contribution in [-0.4, -0.2) is 28.4 Å². The zero-order valence-corrected chi connectivity index (χ0v) is 20.0. The number of carbonyl (C=O) groups is 1. The van der Waals surface area contributed by atoms with E-state index in [1.807, 2.05) is 48.5 Å². The quantitative estimate of drug-likeness (QED) is 0.192. The van der Waals surface area contributed by atoms with Gasteiger partial charge in [0, 0.05) is 28.9 Å². The monoisotopic (exact) mass is 510 g/mol. The zero-order valence-electron chi connectivity index (χ0n) is 19.2. The van der Waals surface area contributed by atoms with E-state index in [1.54, 1.807) is 6.07 Å². The number of nitro benzene ring substituents is 1. The van der Waals surface area contributed by atoms with Crippen LogP contribution in [0.4, 0.5) is 11.4 Å². The number of pyridine rings is 1. The van der Waals surface area contributed by atoms with E-state index in [1.165, 1.54) is 24.3 Å². The van der Waals surface area contributed by atoms with Crippen molar-refractivity contribution in [3.05, 3.63) is 94.5 Å². The fourth-order valence-corrected chi connectivity index (χ4v) is 4.58. The molecule has 0 bridgehead atoms. The Kier molecular flexibility index (Phi) is 6.70. The number of nitrogens with zero attached hydrogens (tertiary/aromatic N) is 3. The minimum atomic E-state index is -0.506. The van der Waals surface area contributed by atoms with Crippen LogP contribution in [0, 0.1) is 21.4 Å². The molecule has 0 saturated heterocycles. The third-order valence-electron chi connectivity index (χ3n) is 5.55. The Morgan fingerprint density at radius 1 is 1.03 bits per heavy atom. The Morgan fingerprint density at radius 2 is 1.78 bits per heavy atom. The van der Waals surface area contributed by atoms with Gasteiger partial charge < -0.3 is 14.8 Å². The van der Waals surface area contributed by atoms with Gasteiger partial charge in [0.2, 0.25) is 12.7 Å². The van der Waals surface area contributed by atoms with Crippen LogP contribution >= 0.6 is 11.8 Å². The molecular formula is C27H18N4O5S. The van der Waals surface area contributed by atoms with Crippen LogP contribution in [0.25, 0.3) is 22.4 Å². The van der Waals surface area contributed by atoms with Crippen molar-refractivity contribution >= 4 is 29.0 Å². The van der Waals surface area contributed by atoms with Crippen LogP contribution in [0.1, 0.15) is 5.56 Å². The summed E-state index contributed by atoms with van der Waals surface area (Å²) in [6.07, 6.45) is 0. The first-order valence-corrected chi connectivity index (χ1v) is 12.1. The van der Waals surface area contributed by atoms with E-state index >= 15 is 0 Å². The molecule has 10 heteroatoms. The molecule has 0 spiro atoms. The van der Waals surface area contributed by atoms with Crippen molar-refractivity contribution in [2.24, 2.45) is 0 Å². The minimum absolute atomic E-state index is 0.0164. The van der Waals surface area contributed by atoms with Crippen molar-refractivity contribution in [2.45, 2.75) is 5.03 Å². The van der Waals surface area contributed by atoms with E-state index in [0.717, 1.165) is 22.9 Å². The molecule has 0 atom stereocenters. The molecule has 1 N–H and O–H groups in total. The van der Waals surface area contributed by atoms with Crippen molar-refractivity contribution in [3.63, 3.8) is 0 Å². The largest absolute Gasteiger partial charge is 0.454 e. The lowest BCUT2D eigenvalue weighted by Gasteiger charge is -2.13. The van der Waals surface area contributed by atoms with Gasteiger partial charge in [-0.15, -0.1) is 0 Å². The van der Waals surface area contributed by atoms with Gasteiger partial charge >= 0.3 is 0 Å². The zero-order chi connectivity index (χ0) is 25.8. The van der Waals surface area contributed by atoms with E-state index in [-0.39, 0.29) is 24.1 Å². The van der Waals surface area contributed by atoms with Crippen LogP contribution in [0.15, 0.2) is 83.9 Å². The fourth-order valence-electron chi connectivity index (χ4n) is 3.78. The first kappa shape index (κ1) is 23.8. The molecule has 2 heterocycles. The summed E-state index contributed by atoms with van der Waals surface area (Å²) in [5.74, 6) is 0.879. The van der Waals surface area contributed by atoms with Gasteiger partial charge in [0.25, 0.3) is 5.69 Å². The summed E-state index contributed by atoms with van der Waals surface area (Å²) < 4.78 is 10.9. The number of hydrogen-bond acceptors (Lipinski definition) is 8. The number of fused-ring (bicyclic) bond motifs is 1. The van der Waals surface area contributed by atoms with Crippen LogP contribution < -0.4 is 14.8 Å². The molecule has 182 valence electrons. The molecule has 1 aliphatic heterocycles. The number of rotatable bonds is 7. The molecular weight excluding hydrogens is 492 g/mol. The molecule has 0 saturated carbocycles. The minimum Gasteiger partial charge on any atom is -0.454 e. The summed E-state index contributed by atoms with van der Waals surface area (Å²) in [5, 5.41) is 24.0. The molecule has 0 radical (unpaired) electrons.